The van der Waals surface area contributed by atoms with E-state index in [4.69, 9.17) is 4.74 Å². The largest absolute Gasteiger partial charge is 0.492 e. The van der Waals surface area contributed by atoms with E-state index in [-0.39, 0.29) is 23.0 Å². The number of carbonyl (C=O) groups is 1. The molecule has 0 atom stereocenters. The highest BCUT2D eigenvalue weighted by molar-refractivity contribution is 8.93. The summed E-state index contributed by atoms with van der Waals surface area (Å²) in [7, 11) is 1.76. The van der Waals surface area contributed by atoms with E-state index >= 15 is 0 Å². The zero-order chi connectivity index (χ0) is 20.8. The number of ether oxygens (including phenoxy) is 1. The van der Waals surface area contributed by atoms with Crippen LogP contribution >= 0.6 is 17.0 Å². The van der Waals surface area contributed by atoms with E-state index in [0.717, 1.165) is 29.2 Å². The van der Waals surface area contributed by atoms with Crippen molar-refractivity contribution in [3.05, 3.63) is 67.1 Å². The average Bonchev–Trinajstić information content (AvgIpc) is 3.30. The summed E-state index contributed by atoms with van der Waals surface area (Å²) >= 11 is 0. The molecule has 6 nitrogen and oxygen atoms in total. The number of likely N-dealkylation sites (tertiary alicyclic amines) is 1. The predicted octanol–water partition coefficient (Wildman–Crippen LogP) is 5.10. The molecular formula is C24H29BrN4O2. The maximum Gasteiger partial charge on any atom is 0.333 e. The van der Waals surface area contributed by atoms with Crippen LogP contribution in [-0.4, -0.2) is 53.8 Å². The minimum atomic E-state index is -0.155. The first-order valence-electron chi connectivity index (χ1n) is 10.5. The number of amides is 1. The fraction of sp³-hybridized carbons (Fsp3) is 0.333. The Labute approximate surface area is 194 Å². The summed E-state index contributed by atoms with van der Waals surface area (Å²) in [5, 5.41) is 0. The molecule has 2 aromatic carbocycles. The van der Waals surface area contributed by atoms with Gasteiger partial charge in [0, 0.05) is 31.0 Å². The van der Waals surface area contributed by atoms with Crippen molar-refractivity contribution in [3.8, 4) is 17.0 Å². The number of rotatable bonds is 6. The summed E-state index contributed by atoms with van der Waals surface area (Å²) in [6, 6.07) is 17.3. The molecule has 0 radical (unpaired) electrons. The zero-order valence-corrected chi connectivity index (χ0v) is 19.5. The van der Waals surface area contributed by atoms with Gasteiger partial charge in [-0.1, -0.05) is 24.6 Å². The van der Waals surface area contributed by atoms with E-state index in [0.29, 0.717) is 6.61 Å². The number of aromatic nitrogens is 2. The van der Waals surface area contributed by atoms with Gasteiger partial charge in [-0.15, -0.1) is 17.0 Å². The smallest absolute Gasteiger partial charge is 0.333 e. The Hall–Kier alpha value is -2.64. The molecule has 2 heterocycles. The third kappa shape index (κ3) is 5.95. The summed E-state index contributed by atoms with van der Waals surface area (Å²) in [6.45, 7) is 4.05. The molecule has 3 aromatic rings. The molecule has 0 bridgehead atoms. The molecule has 1 aliphatic heterocycles. The lowest BCUT2D eigenvalue weighted by molar-refractivity contribution is 0.183. The quantitative estimate of drug-likeness (QED) is 0.488. The van der Waals surface area contributed by atoms with Crippen LogP contribution in [0.25, 0.3) is 11.3 Å². The Morgan fingerprint density at radius 1 is 1.03 bits per heavy atom. The maximum atomic E-state index is 12.7. The fourth-order valence-corrected chi connectivity index (χ4v) is 3.71. The van der Waals surface area contributed by atoms with E-state index in [9.17, 15) is 4.79 Å². The van der Waals surface area contributed by atoms with Crippen LogP contribution in [-0.2, 0) is 0 Å². The van der Waals surface area contributed by atoms with Crippen LogP contribution in [0.3, 0.4) is 0 Å². The summed E-state index contributed by atoms with van der Waals surface area (Å²) in [6.07, 6.45) is 7.26. The third-order valence-corrected chi connectivity index (χ3v) is 5.51. The molecule has 1 aliphatic rings. The predicted molar refractivity (Wildman–Crippen MR) is 129 cm³/mol. The van der Waals surface area contributed by atoms with Crippen molar-refractivity contribution in [2.24, 2.45) is 0 Å². The molecule has 1 amide bonds. The lowest BCUT2D eigenvalue weighted by Crippen LogP contribution is -2.33. The molecule has 0 N–H and O–H groups in total. The lowest BCUT2D eigenvalue weighted by atomic mass is 10.1. The van der Waals surface area contributed by atoms with Gasteiger partial charge in [0.2, 0.25) is 0 Å². The summed E-state index contributed by atoms with van der Waals surface area (Å²) in [4.78, 5) is 21.2. The van der Waals surface area contributed by atoms with Crippen molar-refractivity contribution in [3.63, 3.8) is 0 Å². The van der Waals surface area contributed by atoms with Crippen molar-refractivity contribution in [1.82, 2.24) is 14.5 Å². The molecule has 31 heavy (non-hydrogen) atoms. The standard InChI is InChI=1S/C24H28N4O2.BrH/c1-26(21-8-4-2-5-9-21)24(29)28-18-23(25-19-28)20-10-12-22(13-11-20)30-17-16-27-14-6-3-7-15-27;/h2,4-5,8-13,18-19H,3,6-7,14-17H2,1H3;1H. The van der Waals surface area contributed by atoms with Gasteiger partial charge in [-0.25, -0.2) is 9.78 Å². The molecular weight excluding hydrogens is 456 g/mol. The number of halogens is 1. The highest BCUT2D eigenvalue weighted by Crippen LogP contribution is 2.22. The van der Waals surface area contributed by atoms with Gasteiger partial charge >= 0.3 is 6.03 Å². The Kier molecular flexibility index (Phi) is 8.26. The van der Waals surface area contributed by atoms with Crippen molar-refractivity contribution in [2.75, 3.05) is 38.2 Å². The van der Waals surface area contributed by atoms with Gasteiger partial charge < -0.3 is 4.74 Å². The van der Waals surface area contributed by atoms with Crippen LogP contribution in [0.15, 0.2) is 67.1 Å². The Balaban J connectivity index is 0.00000272. The number of carbonyl (C=O) groups excluding carboxylic acids is 1. The molecule has 0 saturated carbocycles. The first-order valence-corrected chi connectivity index (χ1v) is 10.5. The number of hydrogen-bond acceptors (Lipinski definition) is 4. The van der Waals surface area contributed by atoms with Crippen LogP contribution in [0.4, 0.5) is 10.5 Å². The van der Waals surface area contributed by atoms with E-state index in [1.54, 1.807) is 24.5 Å². The molecule has 1 saturated heterocycles. The highest BCUT2D eigenvalue weighted by atomic mass is 79.9. The SMILES string of the molecule is Br.CN(C(=O)n1cnc(-c2ccc(OCCN3CCCCC3)cc2)c1)c1ccccc1. The molecule has 0 spiro atoms. The van der Waals surface area contributed by atoms with E-state index in [2.05, 4.69) is 9.88 Å². The van der Waals surface area contributed by atoms with Crippen molar-refractivity contribution < 1.29 is 9.53 Å². The summed E-state index contributed by atoms with van der Waals surface area (Å²) in [5.41, 5.74) is 2.54. The Morgan fingerprint density at radius 2 is 1.74 bits per heavy atom. The summed E-state index contributed by atoms with van der Waals surface area (Å²) in [5.74, 6) is 0.857. The fourth-order valence-electron chi connectivity index (χ4n) is 3.71. The second-order valence-corrected chi connectivity index (χ2v) is 7.62. The Morgan fingerprint density at radius 3 is 2.45 bits per heavy atom. The number of nitrogens with zero attached hydrogens (tertiary/aromatic N) is 4. The first kappa shape index (κ1) is 23.0. The van der Waals surface area contributed by atoms with E-state index in [1.807, 2.05) is 54.6 Å². The van der Waals surface area contributed by atoms with Crippen LogP contribution in [0.1, 0.15) is 19.3 Å². The molecule has 0 unspecified atom stereocenters. The molecule has 164 valence electrons. The first-order chi connectivity index (χ1) is 14.7. The number of benzene rings is 2. The van der Waals surface area contributed by atoms with Gasteiger partial charge in [0.1, 0.15) is 18.7 Å². The zero-order valence-electron chi connectivity index (χ0n) is 17.8. The van der Waals surface area contributed by atoms with Gasteiger partial charge in [-0.2, -0.15) is 0 Å². The number of hydrogen-bond donors (Lipinski definition) is 0. The lowest BCUT2D eigenvalue weighted by Gasteiger charge is -2.26. The number of piperidine rings is 1. The maximum absolute atomic E-state index is 12.7. The monoisotopic (exact) mass is 484 g/mol. The number of para-hydroxylation sites is 1. The molecule has 1 fully saturated rings. The normalized spacial score (nSPS) is 14.0. The minimum absolute atomic E-state index is 0. The van der Waals surface area contributed by atoms with Crippen LogP contribution in [0.5, 0.6) is 5.75 Å². The van der Waals surface area contributed by atoms with Crippen LogP contribution in [0, 0.1) is 0 Å². The molecule has 0 aliphatic carbocycles. The number of imidazole rings is 1. The molecule has 7 heteroatoms. The van der Waals surface area contributed by atoms with Gasteiger partial charge in [-0.05, 0) is 62.3 Å². The summed E-state index contributed by atoms with van der Waals surface area (Å²) < 4.78 is 7.40. The van der Waals surface area contributed by atoms with Crippen LogP contribution in [0.2, 0.25) is 0 Å². The minimum Gasteiger partial charge on any atom is -0.492 e. The second kappa shape index (κ2) is 11.1. The molecule has 1 aromatic heterocycles. The highest BCUT2D eigenvalue weighted by Gasteiger charge is 2.14. The van der Waals surface area contributed by atoms with Crippen LogP contribution < -0.4 is 9.64 Å². The van der Waals surface area contributed by atoms with E-state index < -0.39 is 0 Å². The van der Waals surface area contributed by atoms with Gasteiger partial charge in [0.05, 0.1) is 5.69 Å². The second-order valence-electron chi connectivity index (χ2n) is 7.62. The van der Waals surface area contributed by atoms with Crippen molar-refractivity contribution in [1.29, 1.82) is 0 Å². The van der Waals surface area contributed by atoms with Gasteiger partial charge in [-0.3, -0.25) is 14.4 Å². The Bertz CT molecular complexity index is 953. The topological polar surface area (TPSA) is 50.6 Å². The molecule has 4 rings (SSSR count). The van der Waals surface area contributed by atoms with E-state index in [1.165, 1.54) is 36.9 Å². The third-order valence-electron chi connectivity index (χ3n) is 5.51. The van der Waals surface area contributed by atoms with Crippen molar-refractivity contribution in [2.45, 2.75) is 19.3 Å². The van der Waals surface area contributed by atoms with Crippen molar-refractivity contribution >= 4 is 28.7 Å². The van der Waals surface area contributed by atoms with Gasteiger partial charge in [0.25, 0.3) is 0 Å². The average molecular weight is 485 g/mol. The number of anilines is 1. The van der Waals surface area contributed by atoms with Gasteiger partial charge in [0.15, 0.2) is 0 Å².